The number of carbonyl (C=O) groups is 1. The largest absolute Gasteiger partial charge is 0.377 e. The molecule has 1 unspecified atom stereocenters. The van der Waals surface area contributed by atoms with E-state index in [2.05, 4.69) is 0 Å². The summed E-state index contributed by atoms with van der Waals surface area (Å²) in [6.45, 7) is 5.73. The van der Waals surface area contributed by atoms with Crippen LogP contribution in [-0.4, -0.2) is 42.5 Å². The first-order valence-electron chi connectivity index (χ1n) is 6.16. The molecule has 0 radical (unpaired) electrons. The van der Waals surface area contributed by atoms with Gasteiger partial charge in [0.1, 0.15) is 0 Å². The number of benzene rings is 1. The van der Waals surface area contributed by atoms with E-state index in [1.54, 1.807) is 0 Å². The molecule has 0 bridgehead atoms. The average molecular weight is 268 g/mol. The van der Waals surface area contributed by atoms with Crippen molar-refractivity contribution >= 4 is 17.5 Å². The lowest BCUT2D eigenvalue weighted by molar-refractivity contribution is 0.00451. The van der Waals surface area contributed by atoms with Gasteiger partial charge < -0.3 is 9.64 Å². The highest BCUT2D eigenvalue weighted by Gasteiger charge is 2.28. The van der Waals surface area contributed by atoms with Crippen LogP contribution in [0, 0.1) is 13.8 Å². The third kappa shape index (κ3) is 2.52. The molecule has 1 fully saturated rings. The van der Waals surface area contributed by atoms with E-state index in [4.69, 9.17) is 16.3 Å². The molecule has 1 atom stereocenters. The van der Waals surface area contributed by atoms with E-state index in [1.165, 1.54) is 0 Å². The van der Waals surface area contributed by atoms with Gasteiger partial charge in [0.25, 0.3) is 5.91 Å². The van der Waals surface area contributed by atoms with E-state index in [-0.39, 0.29) is 11.9 Å². The molecular weight excluding hydrogens is 250 g/mol. The maximum Gasteiger partial charge on any atom is 0.254 e. The molecule has 1 aliphatic heterocycles. The van der Waals surface area contributed by atoms with Crippen molar-refractivity contribution in [1.82, 2.24) is 4.90 Å². The van der Waals surface area contributed by atoms with Crippen LogP contribution in [0.25, 0.3) is 0 Å². The predicted molar refractivity (Wildman–Crippen MR) is 72.3 cm³/mol. The van der Waals surface area contributed by atoms with Crippen LogP contribution in [0.2, 0.25) is 0 Å². The lowest BCUT2D eigenvalue weighted by atomic mass is 10.0. The monoisotopic (exact) mass is 267 g/mol. The normalized spacial score (nSPS) is 19.9. The lowest BCUT2D eigenvalue weighted by Crippen LogP contribution is -2.49. The zero-order chi connectivity index (χ0) is 13.1. The van der Waals surface area contributed by atoms with E-state index in [1.807, 2.05) is 36.9 Å². The van der Waals surface area contributed by atoms with E-state index < -0.39 is 0 Å². The first kappa shape index (κ1) is 13.4. The molecule has 18 heavy (non-hydrogen) atoms. The van der Waals surface area contributed by atoms with E-state index >= 15 is 0 Å². The maximum absolute atomic E-state index is 12.6. The molecule has 1 amide bonds. The van der Waals surface area contributed by atoms with Gasteiger partial charge in [0.2, 0.25) is 0 Å². The molecule has 0 aromatic heterocycles. The van der Waals surface area contributed by atoms with E-state index in [9.17, 15) is 4.79 Å². The van der Waals surface area contributed by atoms with Crippen molar-refractivity contribution in [1.29, 1.82) is 0 Å². The van der Waals surface area contributed by atoms with Crippen molar-refractivity contribution in [2.24, 2.45) is 0 Å². The van der Waals surface area contributed by atoms with Crippen molar-refractivity contribution < 1.29 is 9.53 Å². The van der Waals surface area contributed by atoms with Crippen molar-refractivity contribution in [2.45, 2.75) is 19.9 Å². The van der Waals surface area contributed by atoms with Crippen LogP contribution in [0.1, 0.15) is 21.5 Å². The fourth-order valence-electron chi connectivity index (χ4n) is 2.19. The summed E-state index contributed by atoms with van der Waals surface area (Å²) >= 11 is 5.90. The molecule has 4 heteroatoms. The summed E-state index contributed by atoms with van der Waals surface area (Å²) in [6, 6.07) is 5.80. The maximum atomic E-state index is 12.6. The SMILES string of the molecule is Cc1cccc(C(=O)N2CCOCC2CCl)c1C. The second-order valence-corrected chi connectivity index (χ2v) is 4.94. The van der Waals surface area contributed by atoms with Gasteiger partial charge in [0.05, 0.1) is 19.3 Å². The highest BCUT2D eigenvalue weighted by Crippen LogP contribution is 2.18. The van der Waals surface area contributed by atoms with Crippen molar-refractivity contribution in [2.75, 3.05) is 25.6 Å². The van der Waals surface area contributed by atoms with Gasteiger partial charge in [-0.2, -0.15) is 0 Å². The smallest absolute Gasteiger partial charge is 0.254 e. The first-order chi connectivity index (χ1) is 8.65. The summed E-state index contributed by atoms with van der Waals surface area (Å²) in [6.07, 6.45) is 0. The highest BCUT2D eigenvalue weighted by molar-refractivity contribution is 6.18. The Labute approximate surface area is 113 Å². The number of carbonyl (C=O) groups excluding carboxylic acids is 1. The van der Waals surface area contributed by atoms with Gasteiger partial charge in [-0.05, 0) is 31.0 Å². The second-order valence-electron chi connectivity index (χ2n) is 4.63. The number of hydrogen-bond donors (Lipinski definition) is 0. The zero-order valence-corrected chi connectivity index (χ0v) is 11.5. The Morgan fingerprint density at radius 2 is 2.28 bits per heavy atom. The van der Waals surface area contributed by atoms with E-state index in [0.717, 1.165) is 16.7 Å². The number of halogens is 1. The molecule has 2 rings (SSSR count). The van der Waals surface area contributed by atoms with Gasteiger partial charge in [-0.1, -0.05) is 12.1 Å². The van der Waals surface area contributed by atoms with Crippen LogP contribution >= 0.6 is 11.6 Å². The average Bonchev–Trinajstić information content (AvgIpc) is 2.41. The van der Waals surface area contributed by atoms with Crippen LogP contribution in [0.15, 0.2) is 18.2 Å². The molecule has 98 valence electrons. The number of hydrogen-bond acceptors (Lipinski definition) is 2. The lowest BCUT2D eigenvalue weighted by Gasteiger charge is -2.34. The van der Waals surface area contributed by atoms with Crippen LogP contribution in [0.5, 0.6) is 0 Å². The molecule has 0 aliphatic carbocycles. The Morgan fingerprint density at radius 3 is 3.00 bits per heavy atom. The summed E-state index contributed by atoms with van der Waals surface area (Å²) in [5, 5.41) is 0. The summed E-state index contributed by atoms with van der Waals surface area (Å²) in [4.78, 5) is 14.4. The van der Waals surface area contributed by atoms with Crippen molar-refractivity contribution in [3.63, 3.8) is 0 Å². The minimum Gasteiger partial charge on any atom is -0.377 e. The molecule has 0 N–H and O–H groups in total. The minimum absolute atomic E-state index is 0.0205. The van der Waals surface area contributed by atoms with Gasteiger partial charge in [-0.25, -0.2) is 0 Å². The number of aryl methyl sites for hydroxylation is 1. The Balaban J connectivity index is 2.27. The third-order valence-electron chi connectivity index (χ3n) is 3.50. The van der Waals surface area contributed by atoms with Crippen LogP contribution in [0.3, 0.4) is 0 Å². The van der Waals surface area contributed by atoms with Crippen molar-refractivity contribution in [3.8, 4) is 0 Å². The fourth-order valence-corrected chi connectivity index (χ4v) is 2.44. The Hall–Kier alpha value is -1.06. The third-order valence-corrected chi connectivity index (χ3v) is 3.86. The number of morpholine rings is 1. The number of alkyl halides is 1. The Bertz CT molecular complexity index is 447. The van der Waals surface area contributed by atoms with Crippen LogP contribution in [-0.2, 0) is 4.74 Å². The molecular formula is C14H18ClNO2. The minimum atomic E-state index is -0.0205. The van der Waals surface area contributed by atoms with Crippen LogP contribution < -0.4 is 0 Å². The predicted octanol–water partition coefficient (Wildman–Crippen LogP) is 2.38. The topological polar surface area (TPSA) is 29.5 Å². The standard InChI is InChI=1S/C14H18ClNO2/c1-10-4-3-5-13(11(10)2)14(17)16-6-7-18-9-12(16)8-15/h3-5,12H,6-9H2,1-2H3. The highest BCUT2D eigenvalue weighted by atomic mass is 35.5. The van der Waals surface area contributed by atoms with Gasteiger partial charge in [0.15, 0.2) is 0 Å². The van der Waals surface area contributed by atoms with Gasteiger partial charge in [0, 0.05) is 18.0 Å². The summed E-state index contributed by atoms with van der Waals surface area (Å²) in [7, 11) is 0. The molecule has 1 heterocycles. The Morgan fingerprint density at radius 1 is 1.50 bits per heavy atom. The van der Waals surface area contributed by atoms with Crippen LogP contribution in [0.4, 0.5) is 0 Å². The number of ether oxygens (including phenoxy) is 1. The zero-order valence-electron chi connectivity index (χ0n) is 10.8. The quantitative estimate of drug-likeness (QED) is 0.770. The molecule has 0 spiro atoms. The number of nitrogens with zero attached hydrogens (tertiary/aromatic N) is 1. The van der Waals surface area contributed by atoms with E-state index in [0.29, 0.717) is 25.6 Å². The molecule has 1 aromatic rings. The fraction of sp³-hybridized carbons (Fsp3) is 0.500. The molecule has 1 saturated heterocycles. The molecule has 3 nitrogen and oxygen atoms in total. The molecule has 0 saturated carbocycles. The Kier molecular flexibility index (Phi) is 4.25. The number of amides is 1. The first-order valence-corrected chi connectivity index (χ1v) is 6.69. The van der Waals surface area contributed by atoms with Gasteiger partial charge in [-0.3, -0.25) is 4.79 Å². The second kappa shape index (κ2) is 5.72. The van der Waals surface area contributed by atoms with Gasteiger partial charge in [-0.15, -0.1) is 11.6 Å². The summed E-state index contributed by atoms with van der Waals surface area (Å²) in [5.74, 6) is 0.474. The molecule has 1 aromatic carbocycles. The summed E-state index contributed by atoms with van der Waals surface area (Å²) < 4.78 is 5.36. The number of rotatable bonds is 2. The summed E-state index contributed by atoms with van der Waals surface area (Å²) in [5.41, 5.74) is 2.95. The van der Waals surface area contributed by atoms with Crippen molar-refractivity contribution in [3.05, 3.63) is 34.9 Å². The van der Waals surface area contributed by atoms with Gasteiger partial charge >= 0.3 is 0 Å². The molecule has 1 aliphatic rings.